The average Bonchev–Trinajstić information content (AvgIpc) is 3.07. The molecule has 1 fully saturated rings. The Kier molecular flexibility index (Phi) is 6.86. The van der Waals surface area contributed by atoms with Crippen molar-refractivity contribution in [2.45, 2.75) is 20.1 Å². The number of nitrogens with zero attached hydrogens (tertiary/aromatic N) is 2. The molecule has 0 radical (unpaired) electrons. The number of hydrogen-bond acceptors (Lipinski definition) is 6. The Balaban J connectivity index is 1.39. The number of carbonyl (C=O) groups excluding carboxylic acids is 1. The van der Waals surface area contributed by atoms with Gasteiger partial charge < -0.3 is 4.74 Å². The van der Waals surface area contributed by atoms with E-state index in [-0.39, 0.29) is 18.2 Å². The zero-order valence-corrected chi connectivity index (χ0v) is 19.4. The molecular formula is C25H20N2O4S2. The molecule has 6 nitrogen and oxygen atoms in total. The lowest BCUT2D eigenvalue weighted by Crippen LogP contribution is -2.27. The summed E-state index contributed by atoms with van der Waals surface area (Å²) in [6.45, 7) is 2.70. The Morgan fingerprint density at radius 2 is 1.79 bits per heavy atom. The SMILES string of the molecule is Cc1ccc(CN2C(=O)C(=Cc3ccc(OCc4cccc([N+](=O)[O-])c4)cc3)SC2=S)cc1. The summed E-state index contributed by atoms with van der Waals surface area (Å²) in [5, 5.41) is 10.9. The van der Waals surface area contributed by atoms with Crippen LogP contribution in [0, 0.1) is 17.0 Å². The van der Waals surface area contributed by atoms with Crippen molar-refractivity contribution in [3.05, 3.63) is 110 Å². The molecular weight excluding hydrogens is 456 g/mol. The molecule has 3 aromatic carbocycles. The molecule has 0 spiro atoms. The fraction of sp³-hybridized carbons (Fsp3) is 0.120. The van der Waals surface area contributed by atoms with Crippen LogP contribution >= 0.6 is 24.0 Å². The van der Waals surface area contributed by atoms with E-state index >= 15 is 0 Å². The molecule has 33 heavy (non-hydrogen) atoms. The van der Waals surface area contributed by atoms with Crippen molar-refractivity contribution in [1.29, 1.82) is 0 Å². The Hall–Kier alpha value is -3.49. The molecule has 166 valence electrons. The monoisotopic (exact) mass is 476 g/mol. The lowest BCUT2D eigenvalue weighted by molar-refractivity contribution is -0.384. The molecule has 1 aliphatic heterocycles. The van der Waals surface area contributed by atoms with Crippen LogP contribution in [0.2, 0.25) is 0 Å². The van der Waals surface area contributed by atoms with Gasteiger partial charge in [-0.15, -0.1) is 0 Å². The van der Waals surface area contributed by atoms with Gasteiger partial charge in [0.05, 0.1) is 16.4 Å². The molecule has 0 aliphatic carbocycles. The van der Waals surface area contributed by atoms with Gasteiger partial charge in [0, 0.05) is 12.1 Å². The molecule has 0 aromatic heterocycles. The highest BCUT2D eigenvalue weighted by atomic mass is 32.2. The largest absolute Gasteiger partial charge is 0.489 e. The highest BCUT2D eigenvalue weighted by molar-refractivity contribution is 8.26. The first-order valence-electron chi connectivity index (χ1n) is 10.2. The Morgan fingerprint density at radius 3 is 2.48 bits per heavy atom. The van der Waals surface area contributed by atoms with Crippen molar-refractivity contribution >= 4 is 46.0 Å². The number of nitro groups is 1. The number of benzene rings is 3. The van der Waals surface area contributed by atoms with Gasteiger partial charge in [-0.3, -0.25) is 19.8 Å². The second-order valence-corrected chi connectivity index (χ2v) is 9.21. The second-order valence-electron chi connectivity index (χ2n) is 7.54. The molecule has 3 aromatic rings. The lowest BCUT2D eigenvalue weighted by Gasteiger charge is -2.14. The molecule has 0 saturated carbocycles. The summed E-state index contributed by atoms with van der Waals surface area (Å²) in [6, 6.07) is 21.7. The Bertz CT molecular complexity index is 1240. The Morgan fingerprint density at radius 1 is 1.06 bits per heavy atom. The fourth-order valence-electron chi connectivity index (χ4n) is 3.25. The number of thioether (sulfide) groups is 1. The van der Waals surface area contributed by atoms with E-state index in [2.05, 4.69) is 0 Å². The van der Waals surface area contributed by atoms with Crippen LogP contribution in [0.25, 0.3) is 6.08 Å². The van der Waals surface area contributed by atoms with Gasteiger partial charge in [0.2, 0.25) is 0 Å². The van der Waals surface area contributed by atoms with Gasteiger partial charge in [-0.1, -0.05) is 78.1 Å². The lowest BCUT2D eigenvalue weighted by atomic mass is 10.1. The number of ether oxygens (including phenoxy) is 1. The number of rotatable bonds is 7. The maximum Gasteiger partial charge on any atom is 0.269 e. The third-order valence-electron chi connectivity index (χ3n) is 5.04. The summed E-state index contributed by atoms with van der Waals surface area (Å²) in [7, 11) is 0. The van der Waals surface area contributed by atoms with Gasteiger partial charge >= 0.3 is 0 Å². The standard InChI is InChI=1S/C25H20N2O4S2/c1-17-5-7-19(8-6-17)15-26-24(28)23(33-25(26)32)14-18-9-11-22(12-10-18)31-16-20-3-2-4-21(13-20)27(29)30/h2-14H,15-16H2,1H3. The van der Waals surface area contributed by atoms with Crippen LogP contribution in [0.3, 0.4) is 0 Å². The summed E-state index contributed by atoms with van der Waals surface area (Å²) in [4.78, 5) is 25.5. The van der Waals surface area contributed by atoms with Crippen molar-refractivity contribution in [1.82, 2.24) is 4.90 Å². The summed E-state index contributed by atoms with van der Waals surface area (Å²) < 4.78 is 6.28. The van der Waals surface area contributed by atoms with E-state index in [0.717, 1.165) is 11.1 Å². The second kappa shape index (κ2) is 9.97. The Labute approximate surface area is 201 Å². The van der Waals surface area contributed by atoms with E-state index in [1.165, 1.54) is 29.5 Å². The van der Waals surface area contributed by atoms with Crippen LogP contribution in [-0.2, 0) is 17.9 Å². The molecule has 0 unspecified atom stereocenters. The molecule has 4 rings (SSSR count). The zero-order chi connectivity index (χ0) is 23.4. The van der Waals surface area contributed by atoms with Crippen LogP contribution in [0.5, 0.6) is 5.75 Å². The van der Waals surface area contributed by atoms with Crippen molar-refractivity contribution < 1.29 is 14.5 Å². The maximum absolute atomic E-state index is 12.9. The van der Waals surface area contributed by atoms with E-state index in [1.807, 2.05) is 49.4 Å². The van der Waals surface area contributed by atoms with Crippen molar-refractivity contribution in [2.24, 2.45) is 0 Å². The normalized spacial score (nSPS) is 14.7. The van der Waals surface area contributed by atoms with E-state index in [4.69, 9.17) is 17.0 Å². The number of non-ortho nitro benzene ring substituents is 1. The zero-order valence-electron chi connectivity index (χ0n) is 17.8. The van der Waals surface area contributed by atoms with Crippen LogP contribution in [0.4, 0.5) is 5.69 Å². The predicted molar refractivity (Wildman–Crippen MR) is 134 cm³/mol. The van der Waals surface area contributed by atoms with Crippen molar-refractivity contribution in [2.75, 3.05) is 0 Å². The number of carbonyl (C=O) groups is 1. The molecule has 1 heterocycles. The van der Waals surface area contributed by atoms with E-state index in [0.29, 0.717) is 27.1 Å². The van der Waals surface area contributed by atoms with E-state index < -0.39 is 4.92 Å². The summed E-state index contributed by atoms with van der Waals surface area (Å²) in [6.07, 6.45) is 1.82. The van der Waals surface area contributed by atoms with Crippen LogP contribution in [0.1, 0.15) is 22.3 Å². The molecule has 0 N–H and O–H groups in total. The van der Waals surface area contributed by atoms with Gasteiger partial charge in [0.25, 0.3) is 11.6 Å². The average molecular weight is 477 g/mol. The van der Waals surface area contributed by atoms with E-state index in [9.17, 15) is 14.9 Å². The highest BCUT2D eigenvalue weighted by Gasteiger charge is 2.31. The molecule has 1 amide bonds. The van der Waals surface area contributed by atoms with Gasteiger partial charge in [-0.2, -0.15) is 0 Å². The third-order valence-corrected chi connectivity index (χ3v) is 6.42. The minimum atomic E-state index is -0.429. The third kappa shape index (κ3) is 5.66. The number of hydrogen-bond donors (Lipinski definition) is 0. The molecule has 0 atom stereocenters. The van der Waals surface area contributed by atoms with E-state index in [1.54, 1.807) is 29.2 Å². The van der Waals surface area contributed by atoms with Crippen LogP contribution in [0.15, 0.2) is 77.7 Å². The summed E-state index contributed by atoms with van der Waals surface area (Å²) in [5.74, 6) is 0.530. The fourth-order valence-corrected chi connectivity index (χ4v) is 4.51. The van der Waals surface area contributed by atoms with Gasteiger partial charge in [-0.05, 0) is 41.8 Å². The van der Waals surface area contributed by atoms with Crippen molar-refractivity contribution in [3.8, 4) is 5.75 Å². The molecule has 8 heteroatoms. The summed E-state index contributed by atoms with van der Waals surface area (Å²) in [5.41, 5.74) is 3.80. The maximum atomic E-state index is 12.9. The van der Waals surface area contributed by atoms with Gasteiger partial charge in [0.1, 0.15) is 16.7 Å². The molecule has 1 aliphatic rings. The minimum Gasteiger partial charge on any atom is -0.489 e. The quantitative estimate of drug-likeness (QED) is 0.183. The smallest absolute Gasteiger partial charge is 0.269 e. The minimum absolute atomic E-state index is 0.0335. The van der Waals surface area contributed by atoms with Gasteiger partial charge in [0.15, 0.2) is 0 Å². The van der Waals surface area contributed by atoms with Crippen LogP contribution in [-0.4, -0.2) is 20.1 Å². The van der Waals surface area contributed by atoms with Crippen molar-refractivity contribution in [3.63, 3.8) is 0 Å². The number of thiocarbonyl (C=S) groups is 1. The number of aryl methyl sites for hydroxylation is 1. The first kappa shape index (κ1) is 22.7. The topological polar surface area (TPSA) is 72.7 Å². The number of amides is 1. The molecule has 1 saturated heterocycles. The van der Waals surface area contributed by atoms with Crippen LogP contribution < -0.4 is 4.74 Å². The first-order valence-corrected chi connectivity index (χ1v) is 11.4. The highest BCUT2D eigenvalue weighted by Crippen LogP contribution is 2.34. The molecule has 0 bridgehead atoms. The number of nitro benzene ring substituents is 1. The van der Waals surface area contributed by atoms with Gasteiger partial charge in [-0.25, -0.2) is 0 Å². The first-order chi connectivity index (χ1) is 15.9. The summed E-state index contributed by atoms with van der Waals surface area (Å²) >= 11 is 6.72. The predicted octanol–water partition coefficient (Wildman–Crippen LogP) is 5.88.